The van der Waals surface area contributed by atoms with Crippen molar-refractivity contribution in [1.29, 1.82) is 0 Å². The number of carbonyl (C=O) groups is 1. The van der Waals surface area contributed by atoms with Crippen molar-refractivity contribution in [2.75, 3.05) is 20.2 Å². The number of aryl methyl sites for hydroxylation is 2. The molecule has 1 heterocycles. The molecule has 0 bridgehead atoms. The van der Waals surface area contributed by atoms with Crippen molar-refractivity contribution in [1.82, 2.24) is 14.5 Å². The number of likely N-dealkylation sites (N-methyl/N-ethyl adjacent to an activating group) is 1. The Kier molecular flexibility index (Phi) is 5.85. The number of aromatic nitrogens is 2. The molecule has 0 aliphatic heterocycles. The van der Waals surface area contributed by atoms with Crippen LogP contribution in [-0.4, -0.2) is 46.7 Å². The van der Waals surface area contributed by atoms with Gasteiger partial charge in [-0.15, -0.1) is 0 Å². The smallest absolute Gasteiger partial charge is 0.251 e. The molecular weight excluding hydrogens is 230 g/mol. The standard InChI is InChI=1S/C13H23N3O2/c1-5-18-11(2)13(17)16(4)9-6-7-12-14-8-10-15(12)3/h8,10-11H,5-7,9H2,1-4H3/t11-/m0/s1. The molecule has 0 unspecified atom stereocenters. The Morgan fingerprint density at radius 1 is 1.61 bits per heavy atom. The molecular formula is C13H23N3O2. The summed E-state index contributed by atoms with van der Waals surface area (Å²) in [5.74, 6) is 1.09. The largest absolute Gasteiger partial charge is 0.369 e. The van der Waals surface area contributed by atoms with Crippen LogP contribution in [0.15, 0.2) is 12.4 Å². The molecule has 0 aliphatic carbocycles. The molecule has 1 aromatic rings. The van der Waals surface area contributed by atoms with Crippen molar-refractivity contribution in [3.63, 3.8) is 0 Å². The second-order valence-electron chi connectivity index (χ2n) is 4.42. The first-order valence-corrected chi connectivity index (χ1v) is 6.39. The van der Waals surface area contributed by atoms with E-state index < -0.39 is 0 Å². The van der Waals surface area contributed by atoms with E-state index in [9.17, 15) is 4.79 Å². The van der Waals surface area contributed by atoms with Crippen LogP contribution in [0.3, 0.4) is 0 Å². The topological polar surface area (TPSA) is 47.4 Å². The van der Waals surface area contributed by atoms with E-state index in [0.29, 0.717) is 6.61 Å². The molecule has 102 valence electrons. The first kappa shape index (κ1) is 14.7. The van der Waals surface area contributed by atoms with Gasteiger partial charge in [-0.1, -0.05) is 0 Å². The normalized spacial score (nSPS) is 12.4. The van der Waals surface area contributed by atoms with Gasteiger partial charge >= 0.3 is 0 Å². The van der Waals surface area contributed by atoms with E-state index in [1.165, 1.54) is 0 Å². The highest BCUT2D eigenvalue weighted by molar-refractivity contribution is 5.80. The van der Waals surface area contributed by atoms with Gasteiger partial charge in [0.15, 0.2) is 0 Å². The minimum Gasteiger partial charge on any atom is -0.369 e. The summed E-state index contributed by atoms with van der Waals surface area (Å²) >= 11 is 0. The van der Waals surface area contributed by atoms with Gasteiger partial charge in [0, 0.05) is 46.1 Å². The number of carbonyl (C=O) groups excluding carboxylic acids is 1. The molecule has 1 atom stereocenters. The summed E-state index contributed by atoms with van der Waals surface area (Å²) in [6, 6.07) is 0. The highest BCUT2D eigenvalue weighted by Gasteiger charge is 2.16. The summed E-state index contributed by atoms with van der Waals surface area (Å²) in [4.78, 5) is 17.9. The molecule has 0 aromatic carbocycles. The minimum absolute atomic E-state index is 0.0386. The molecule has 18 heavy (non-hydrogen) atoms. The molecule has 1 rings (SSSR count). The fourth-order valence-electron chi connectivity index (χ4n) is 1.85. The van der Waals surface area contributed by atoms with Gasteiger partial charge in [0.1, 0.15) is 11.9 Å². The minimum atomic E-state index is -0.354. The van der Waals surface area contributed by atoms with Crippen LogP contribution in [0, 0.1) is 0 Å². The van der Waals surface area contributed by atoms with Crippen LogP contribution < -0.4 is 0 Å². The maximum Gasteiger partial charge on any atom is 0.251 e. The molecule has 1 aromatic heterocycles. The summed E-state index contributed by atoms with van der Waals surface area (Å²) in [6.45, 7) is 4.98. The van der Waals surface area contributed by atoms with Crippen LogP contribution in [0.5, 0.6) is 0 Å². The predicted molar refractivity (Wildman–Crippen MR) is 70.3 cm³/mol. The average Bonchev–Trinajstić information content (AvgIpc) is 2.74. The molecule has 0 saturated carbocycles. The van der Waals surface area contributed by atoms with Gasteiger partial charge in [-0.3, -0.25) is 4.79 Å². The number of rotatable bonds is 7. The lowest BCUT2D eigenvalue weighted by atomic mass is 10.2. The summed E-state index contributed by atoms with van der Waals surface area (Å²) in [5.41, 5.74) is 0. The highest BCUT2D eigenvalue weighted by atomic mass is 16.5. The summed E-state index contributed by atoms with van der Waals surface area (Å²) < 4.78 is 7.29. The Morgan fingerprint density at radius 2 is 2.33 bits per heavy atom. The van der Waals surface area contributed by atoms with Gasteiger partial charge in [0.2, 0.25) is 0 Å². The molecule has 5 nitrogen and oxygen atoms in total. The number of hydrogen-bond donors (Lipinski definition) is 0. The first-order chi connectivity index (χ1) is 8.56. The predicted octanol–water partition coefficient (Wildman–Crippen LogP) is 1.24. The van der Waals surface area contributed by atoms with Crippen LogP contribution in [0.1, 0.15) is 26.1 Å². The fourth-order valence-corrected chi connectivity index (χ4v) is 1.85. The Hall–Kier alpha value is -1.36. The highest BCUT2D eigenvalue weighted by Crippen LogP contribution is 2.02. The maximum atomic E-state index is 11.9. The van der Waals surface area contributed by atoms with Gasteiger partial charge in [0.05, 0.1) is 0 Å². The van der Waals surface area contributed by atoms with Gasteiger partial charge in [-0.25, -0.2) is 4.98 Å². The summed E-state index contributed by atoms with van der Waals surface area (Å²) in [7, 11) is 3.80. The lowest BCUT2D eigenvalue weighted by Gasteiger charge is -2.21. The molecule has 0 N–H and O–H groups in total. The van der Waals surface area contributed by atoms with Crippen LogP contribution in [-0.2, 0) is 23.0 Å². The van der Waals surface area contributed by atoms with Gasteiger partial charge in [-0.05, 0) is 20.3 Å². The fraction of sp³-hybridized carbons (Fsp3) is 0.692. The van der Waals surface area contributed by atoms with Crippen molar-refractivity contribution >= 4 is 5.91 Å². The van der Waals surface area contributed by atoms with E-state index in [4.69, 9.17) is 4.74 Å². The van der Waals surface area contributed by atoms with Crippen molar-refractivity contribution in [2.24, 2.45) is 7.05 Å². The maximum absolute atomic E-state index is 11.9. The SMILES string of the molecule is CCO[C@@H](C)C(=O)N(C)CCCc1nccn1C. The van der Waals surface area contributed by atoms with Gasteiger partial charge < -0.3 is 14.2 Å². The number of ether oxygens (including phenoxy) is 1. The van der Waals surface area contributed by atoms with E-state index in [2.05, 4.69) is 4.98 Å². The number of amides is 1. The van der Waals surface area contributed by atoms with Crippen LogP contribution in [0.2, 0.25) is 0 Å². The molecule has 0 radical (unpaired) electrons. The second kappa shape index (κ2) is 7.16. The third-order valence-electron chi connectivity index (χ3n) is 2.96. The van der Waals surface area contributed by atoms with Crippen molar-refractivity contribution in [3.05, 3.63) is 18.2 Å². The zero-order chi connectivity index (χ0) is 13.5. The monoisotopic (exact) mass is 253 g/mol. The van der Waals surface area contributed by atoms with Crippen molar-refractivity contribution in [3.8, 4) is 0 Å². The quantitative estimate of drug-likeness (QED) is 0.734. The molecule has 0 spiro atoms. The molecule has 5 heteroatoms. The number of hydrogen-bond acceptors (Lipinski definition) is 3. The van der Waals surface area contributed by atoms with E-state index in [0.717, 1.165) is 25.2 Å². The van der Waals surface area contributed by atoms with Gasteiger partial charge in [-0.2, -0.15) is 0 Å². The van der Waals surface area contributed by atoms with E-state index in [-0.39, 0.29) is 12.0 Å². The van der Waals surface area contributed by atoms with E-state index in [1.807, 2.05) is 31.8 Å². The summed E-state index contributed by atoms with van der Waals surface area (Å²) in [5, 5.41) is 0. The molecule has 1 amide bonds. The average molecular weight is 253 g/mol. The number of nitrogens with zero attached hydrogens (tertiary/aromatic N) is 3. The first-order valence-electron chi connectivity index (χ1n) is 6.39. The van der Waals surface area contributed by atoms with Crippen LogP contribution in [0.25, 0.3) is 0 Å². The van der Waals surface area contributed by atoms with Gasteiger partial charge in [0.25, 0.3) is 5.91 Å². The summed E-state index contributed by atoms with van der Waals surface area (Å²) in [6.07, 6.45) is 5.16. The lowest BCUT2D eigenvalue weighted by molar-refractivity contribution is -0.141. The Balaban J connectivity index is 2.30. The molecule has 0 saturated heterocycles. The third kappa shape index (κ3) is 4.14. The zero-order valence-electron chi connectivity index (χ0n) is 11.7. The third-order valence-corrected chi connectivity index (χ3v) is 2.96. The lowest BCUT2D eigenvalue weighted by Crippen LogP contribution is -2.37. The number of imidazole rings is 1. The Labute approximate surface area is 109 Å². The van der Waals surface area contributed by atoms with E-state index in [1.54, 1.807) is 18.0 Å². The van der Waals surface area contributed by atoms with Crippen molar-refractivity contribution < 1.29 is 9.53 Å². The Bertz CT molecular complexity index is 376. The van der Waals surface area contributed by atoms with E-state index >= 15 is 0 Å². The molecule has 0 aliphatic rings. The van der Waals surface area contributed by atoms with Crippen LogP contribution >= 0.6 is 0 Å². The molecule has 0 fully saturated rings. The Morgan fingerprint density at radius 3 is 2.89 bits per heavy atom. The zero-order valence-corrected chi connectivity index (χ0v) is 11.7. The van der Waals surface area contributed by atoms with Crippen molar-refractivity contribution in [2.45, 2.75) is 32.8 Å². The van der Waals surface area contributed by atoms with Crippen LogP contribution in [0.4, 0.5) is 0 Å². The second-order valence-corrected chi connectivity index (χ2v) is 4.42.